The van der Waals surface area contributed by atoms with E-state index in [1.165, 1.54) is 18.2 Å². The lowest BCUT2D eigenvalue weighted by Crippen LogP contribution is -2.38. The fourth-order valence-electron chi connectivity index (χ4n) is 2.71. The van der Waals surface area contributed by atoms with E-state index in [-0.39, 0.29) is 9.90 Å². The van der Waals surface area contributed by atoms with Crippen molar-refractivity contribution in [2.24, 2.45) is 0 Å². The second-order valence-corrected chi connectivity index (χ2v) is 9.02. The van der Waals surface area contributed by atoms with Crippen LogP contribution in [0, 0.1) is 5.82 Å². The number of aryl methyl sites for hydroxylation is 1. The van der Waals surface area contributed by atoms with Crippen LogP contribution < -0.4 is 9.62 Å². The second kappa shape index (κ2) is 8.53. The molecule has 146 valence electrons. The summed E-state index contributed by atoms with van der Waals surface area (Å²) in [6.45, 7) is 1.54. The van der Waals surface area contributed by atoms with Gasteiger partial charge in [-0.2, -0.15) is 0 Å². The average molecular weight is 419 g/mol. The van der Waals surface area contributed by atoms with Gasteiger partial charge in [0, 0.05) is 5.69 Å². The molecule has 28 heavy (non-hydrogen) atoms. The Balaban J connectivity index is 1.91. The standard InChI is InChI=1S/C20H19FN2O3S2/c1-2-15-6-3-4-7-18(15)22-19(24)14-23(17-11-9-16(21)10-12-17)28(25,26)20-8-5-13-27-20/h3-13H,2,14H2,1H3,(H,22,24). The predicted octanol–water partition coefficient (Wildman–Crippen LogP) is 4.28. The monoisotopic (exact) mass is 418 g/mol. The summed E-state index contributed by atoms with van der Waals surface area (Å²) in [5.41, 5.74) is 1.81. The lowest BCUT2D eigenvalue weighted by Gasteiger charge is -2.23. The number of thiophene rings is 1. The Kier molecular flexibility index (Phi) is 6.11. The molecule has 8 heteroatoms. The maximum absolute atomic E-state index is 13.3. The number of hydrogen-bond donors (Lipinski definition) is 1. The Hall–Kier alpha value is -2.71. The van der Waals surface area contributed by atoms with Gasteiger partial charge in [0.2, 0.25) is 5.91 Å². The minimum Gasteiger partial charge on any atom is -0.324 e. The van der Waals surface area contributed by atoms with Gasteiger partial charge < -0.3 is 5.32 Å². The molecule has 0 aliphatic rings. The Labute approximate surface area is 167 Å². The molecule has 0 atom stereocenters. The van der Waals surface area contributed by atoms with Crippen LogP contribution >= 0.6 is 11.3 Å². The van der Waals surface area contributed by atoms with E-state index in [9.17, 15) is 17.6 Å². The van der Waals surface area contributed by atoms with Crippen LogP contribution in [0.4, 0.5) is 15.8 Å². The molecule has 3 rings (SSSR count). The van der Waals surface area contributed by atoms with Crippen LogP contribution in [0.5, 0.6) is 0 Å². The molecular formula is C20H19FN2O3S2. The van der Waals surface area contributed by atoms with Crippen LogP contribution in [0.2, 0.25) is 0 Å². The quantitative estimate of drug-likeness (QED) is 0.623. The minimum atomic E-state index is -3.96. The van der Waals surface area contributed by atoms with E-state index in [0.29, 0.717) is 5.69 Å². The predicted molar refractivity (Wildman–Crippen MR) is 110 cm³/mol. The van der Waals surface area contributed by atoms with Gasteiger partial charge in [-0.3, -0.25) is 9.10 Å². The van der Waals surface area contributed by atoms with Crippen LogP contribution in [-0.4, -0.2) is 20.9 Å². The molecule has 0 bridgehead atoms. The number of amides is 1. The van der Waals surface area contributed by atoms with E-state index in [0.717, 1.165) is 39.8 Å². The average Bonchev–Trinajstić information content (AvgIpc) is 3.23. The molecule has 1 aromatic heterocycles. The van der Waals surface area contributed by atoms with Gasteiger partial charge in [-0.25, -0.2) is 12.8 Å². The van der Waals surface area contributed by atoms with E-state index >= 15 is 0 Å². The maximum atomic E-state index is 13.3. The van der Waals surface area contributed by atoms with Crippen molar-refractivity contribution in [3.05, 3.63) is 77.4 Å². The highest BCUT2D eigenvalue weighted by molar-refractivity contribution is 7.94. The lowest BCUT2D eigenvalue weighted by atomic mass is 10.1. The summed E-state index contributed by atoms with van der Waals surface area (Å²) >= 11 is 1.06. The number of sulfonamides is 1. The number of nitrogens with one attached hydrogen (secondary N) is 1. The third-order valence-electron chi connectivity index (χ3n) is 4.11. The van der Waals surface area contributed by atoms with Crippen LogP contribution in [-0.2, 0) is 21.2 Å². The smallest absolute Gasteiger partial charge is 0.274 e. The Morgan fingerprint density at radius 1 is 1.07 bits per heavy atom. The number of rotatable bonds is 7. The summed E-state index contributed by atoms with van der Waals surface area (Å²) < 4.78 is 40.5. The molecule has 0 radical (unpaired) electrons. The number of benzene rings is 2. The number of anilines is 2. The highest BCUT2D eigenvalue weighted by atomic mass is 32.2. The summed E-state index contributed by atoms with van der Waals surface area (Å²) in [5.74, 6) is -0.969. The number of carbonyl (C=O) groups excluding carboxylic acids is 1. The Morgan fingerprint density at radius 3 is 2.43 bits per heavy atom. The second-order valence-electron chi connectivity index (χ2n) is 5.98. The van der Waals surface area contributed by atoms with E-state index in [4.69, 9.17) is 0 Å². The zero-order chi connectivity index (χ0) is 20.1. The van der Waals surface area contributed by atoms with Crippen molar-refractivity contribution < 1.29 is 17.6 Å². The summed E-state index contributed by atoms with van der Waals surface area (Å²) in [6, 6.07) is 15.4. The van der Waals surface area contributed by atoms with Gasteiger partial charge in [0.25, 0.3) is 10.0 Å². The van der Waals surface area contributed by atoms with Crippen molar-refractivity contribution in [2.75, 3.05) is 16.2 Å². The molecule has 0 aliphatic carbocycles. The summed E-state index contributed by atoms with van der Waals surface area (Å²) in [7, 11) is -3.96. The topological polar surface area (TPSA) is 66.5 Å². The number of para-hydroxylation sites is 1. The maximum Gasteiger partial charge on any atom is 0.274 e. The highest BCUT2D eigenvalue weighted by Crippen LogP contribution is 2.27. The van der Waals surface area contributed by atoms with Crippen molar-refractivity contribution in [1.29, 1.82) is 0 Å². The fraction of sp³-hybridized carbons (Fsp3) is 0.150. The molecule has 0 unspecified atom stereocenters. The SMILES string of the molecule is CCc1ccccc1NC(=O)CN(c1ccc(F)cc1)S(=O)(=O)c1cccs1. The van der Waals surface area contributed by atoms with E-state index in [1.54, 1.807) is 23.6 Å². The molecule has 0 saturated heterocycles. The molecule has 2 aromatic carbocycles. The first kappa shape index (κ1) is 20.0. The molecule has 3 aromatic rings. The molecule has 1 amide bonds. The molecule has 0 aliphatic heterocycles. The van der Waals surface area contributed by atoms with Crippen LogP contribution in [0.1, 0.15) is 12.5 Å². The van der Waals surface area contributed by atoms with Crippen molar-refractivity contribution in [3.63, 3.8) is 0 Å². The first-order chi connectivity index (χ1) is 13.4. The molecular weight excluding hydrogens is 399 g/mol. The molecule has 0 fully saturated rings. The number of halogens is 1. The Bertz CT molecular complexity index is 1050. The Morgan fingerprint density at radius 2 is 1.79 bits per heavy atom. The fourth-order valence-corrected chi connectivity index (χ4v) is 5.24. The molecule has 0 spiro atoms. The summed E-state index contributed by atoms with van der Waals surface area (Å²) in [6.07, 6.45) is 0.728. The van der Waals surface area contributed by atoms with Crippen LogP contribution in [0.15, 0.2) is 70.3 Å². The zero-order valence-electron chi connectivity index (χ0n) is 15.1. The van der Waals surface area contributed by atoms with Gasteiger partial charge in [0.1, 0.15) is 16.6 Å². The van der Waals surface area contributed by atoms with Gasteiger partial charge in [-0.05, 0) is 53.8 Å². The molecule has 1 heterocycles. The first-order valence-electron chi connectivity index (χ1n) is 8.61. The van der Waals surface area contributed by atoms with Gasteiger partial charge in [0.15, 0.2) is 0 Å². The molecule has 5 nitrogen and oxygen atoms in total. The lowest BCUT2D eigenvalue weighted by molar-refractivity contribution is -0.114. The van der Waals surface area contributed by atoms with Crippen molar-refractivity contribution >= 4 is 38.6 Å². The largest absolute Gasteiger partial charge is 0.324 e. The van der Waals surface area contributed by atoms with Gasteiger partial charge in [-0.15, -0.1) is 11.3 Å². The normalized spacial score (nSPS) is 11.2. The van der Waals surface area contributed by atoms with Crippen molar-refractivity contribution in [2.45, 2.75) is 17.6 Å². The van der Waals surface area contributed by atoms with Gasteiger partial charge in [0.05, 0.1) is 5.69 Å². The van der Waals surface area contributed by atoms with E-state index in [2.05, 4.69) is 5.32 Å². The van der Waals surface area contributed by atoms with Crippen molar-refractivity contribution in [3.8, 4) is 0 Å². The van der Waals surface area contributed by atoms with Crippen molar-refractivity contribution in [1.82, 2.24) is 0 Å². The first-order valence-corrected chi connectivity index (χ1v) is 10.9. The summed E-state index contributed by atoms with van der Waals surface area (Å²) in [4.78, 5) is 12.7. The van der Waals surface area contributed by atoms with E-state index in [1.807, 2.05) is 19.1 Å². The number of carbonyl (C=O) groups is 1. The molecule has 1 N–H and O–H groups in total. The third-order valence-corrected chi connectivity index (χ3v) is 7.26. The number of hydrogen-bond acceptors (Lipinski definition) is 4. The van der Waals surface area contributed by atoms with Crippen LogP contribution in [0.3, 0.4) is 0 Å². The van der Waals surface area contributed by atoms with Gasteiger partial charge >= 0.3 is 0 Å². The highest BCUT2D eigenvalue weighted by Gasteiger charge is 2.28. The third kappa shape index (κ3) is 4.40. The van der Waals surface area contributed by atoms with Gasteiger partial charge in [-0.1, -0.05) is 31.2 Å². The number of nitrogens with zero attached hydrogens (tertiary/aromatic N) is 1. The summed E-state index contributed by atoms with van der Waals surface area (Å²) in [5, 5.41) is 4.42. The molecule has 0 saturated carbocycles. The van der Waals surface area contributed by atoms with E-state index < -0.39 is 28.3 Å². The zero-order valence-corrected chi connectivity index (χ0v) is 16.8. The van der Waals surface area contributed by atoms with Crippen LogP contribution in [0.25, 0.3) is 0 Å². The minimum absolute atomic E-state index is 0.110.